The summed E-state index contributed by atoms with van der Waals surface area (Å²) in [5, 5.41) is 5.18. The van der Waals surface area contributed by atoms with Crippen LogP contribution in [0.15, 0.2) is 24.3 Å². The molecule has 4 nitrogen and oxygen atoms in total. The highest BCUT2D eigenvalue weighted by molar-refractivity contribution is 6.30. The van der Waals surface area contributed by atoms with E-state index in [0.717, 1.165) is 23.6 Å². The molecule has 0 aliphatic rings. The number of aryl methyl sites for hydroxylation is 2. The Bertz CT molecular complexity index is 564. The molecule has 5 heteroatoms. The zero-order valence-electron chi connectivity index (χ0n) is 11.5. The van der Waals surface area contributed by atoms with Gasteiger partial charge in [-0.2, -0.15) is 5.10 Å². The number of aromatic nitrogens is 3. The quantitative estimate of drug-likeness (QED) is 0.936. The lowest BCUT2D eigenvalue weighted by Gasteiger charge is -2.24. The van der Waals surface area contributed by atoms with Gasteiger partial charge in [0.05, 0.1) is 6.04 Å². The van der Waals surface area contributed by atoms with E-state index in [9.17, 15) is 0 Å². The summed E-state index contributed by atoms with van der Waals surface area (Å²) in [4.78, 5) is 4.36. The number of nitrogens with two attached hydrogens (primary N) is 1. The van der Waals surface area contributed by atoms with Crippen molar-refractivity contribution in [1.82, 2.24) is 14.8 Å². The topological polar surface area (TPSA) is 56.7 Å². The highest BCUT2D eigenvalue weighted by Gasteiger charge is 2.23. The predicted octanol–water partition coefficient (Wildman–Crippen LogP) is 2.88. The van der Waals surface area contributed by atoms with E-state index in [1.54, 1.807) is 0 Å². The second-order valence-electron chi connectivity index (χ2n) is 4.72. The van der Waals surface area contributed by atoms with Crippen LogP contribution in [0.4, 0.5) is 0 Å². The van der Waals surface area contributed by atoms with E-state index in [4.69, 9.17) is 17.3 Å². The minimum Gasteiger partial charge on any atom is -0.326 e. The largest absolute Gasteiger partial charge is 0.326 e. The Morgan fingerprint density at radius 1 is 1.37 bits per heavy atom. The van der Waals surface area contributed by atoms with Crippen LogP contribution in [0.2, 0.25) is 5.02 Å². The third-order valence-corrected chi connectivity index (χ3v) is 3.47. The van der Waals surface area contributed by atoms with E-state index in [0.29, 0.717) is 5.02 Å². The summed E-state index contributed by atoms with van der Waals surface area (Å²) in [6, 6.07) is 7.70. The van der Waals surface area contributed by atoms with Crippen LogP contribution in [0, 0.1) is 13.8 Å². The summed E-state index contributed by atoms with van der Waals surface area (Å²) in [6.45, 7) is 5.90. The van der Waals surface area contributed by atoms with E-state index in [1.165, 1.54) is 0 Å². The molecular formula is C14H19ClN4. The maximum Gasteiger partial charge on any atom is 0.147 e. The fourth-order valence-corrected chi connectivity index (χ4v) is 2.48. The second kappa shape index (κ2) is 5.72. The van der Waals surface area contributed by atoms with Crippen molar-refractivity contribution in [2.24, 2.45) is 5.73 Å². The molecule has 0 aliphatic carbocycles. The molecule has 102 valence electrons. The molecular weight excluding hydrogens is 260 g/mol. The average molecular weight is 279 g/mol. The maximum atomic E-state index is 6.28. The molecule has 2 rings (SSSR count). The monoisotopic (exact) mass is 278 g/mol. The van der Waals surface area contributed by atoms with Crippen molar-refractivity contribution in [2.75, 3.05) is 0 Å². The minimum atomic E-state index is -0.0371. The summed E-state index contributed by atoms with van der Waals surface area (Å²) in [6.07, 6.45) is 0.857. The Labute approximate surface area is 118 Å². The number of nitrogens with zero attached hydrogens (tertiary/aromatic N) is 3. The summed E-state index contributed by atoms with van der Waals surface area (Å²) in [5.41, 5.74) is 7.34. The van der Waals surface area contributed by atoms with Gasteiger partial charge >= 0.3 is 0 Å². The molecule has 1 heterocycles. The molecule has 2 aromatic rings. The van der Waals surface area contributed by atoms with E-state index in [-0.39, 0.29) is 12.1 Å². The molecule has 0 aliphatic heterocycles. The molecule has 2 N–H and O–H groups in total. The smallest absolute Gasteiger partial charge is 0.147 e. The lowest BCUT2D eigenvalue weighted by atomic mass is 9.98. The Morgan fingerprint density at radius 3 is 2.63 bits per heavy atom. The number of hydrogen-bond acceptors (Lipinski definition) is 3. The highest BCUT2D eigenvalue weighted by Crippen LogP contribution is 2.25. The average Bonchev–Trinajstić information content (AvgIpc) is 2.69. The van der Waals surface area contributed by atoms with Crippen molar-refractivity contribution in [2.45, 2.75) is 39.3 Å². The molecule has 0 bridgehead atoms. The van der Waals surface area contributed by atoms with Crippen molar-refractivity contribution in [1.29, 1.82) is 0 Å². The van der Waals surface area contributed by atoms with Gasteiger partial charge in [0.1, 0.15) is 11.6 Å². The van der Waals surface area contributed by atoms with Gasteiger partial charge in [-0.05, 0) is 38.0 Å². The summed E-state index contributed by atoms with van der Waals surface area (Å²) in [5.74, 6) is 1.62. The number of rotatable bonds is 4. The molecule has 0 spiro atoms. The Balaban J connectivity index is 2.50. The van der Waals surface area contributed by atoms with Crippen LogP contribution >= 0.6 is 11.6 Å². The molecule has 19 heavy (non-hydrogen) atoms. The van der Waals surface area contributed by atoms with Crippen LogP contribution in [0.5, 0.6) is 0 Å². The van der Waals surface area contributed by atoms with Crippen LogP contribution in [0.3, 0.4) is 0 Å². The summed E-state index contributed by atoms with van der Waals surface area (Å²) < 4.78 is 1.90. The van der Waals surface area contributed by atoms with Gasteiger partial charge in [0, 0.05) is 11.1 Å². The van der Waals surface area contributed by atoms with Crippen LogP contribution in [-0.2, 0) is 0 Å². The zero-order chi connectivity index (χ0) is 14.0. The molecule has 1 aromatic carbocycles. The first kappa shape index (κ1) is 14.0. The molecule has 0 saturated carbocycles. The molecule has 2 unspecified atom stereocenters. The molecule has 1 aromatic heterocycles. The van der Waals surface area contributed by atoms with Gasteiger partial charge < -0.3 is 5.73 Å². The van der Waals surface area contributed by atoms with Crippen molar-refractivity contribution in [3.05, 3.63) is 46.5 Å². The van der Waals surface area contributed by atoms with Gasteiger partial charge in [-0.3, -0.25) is 0 Å². The Kier molecular flexibility index (Phi) is 4.22. The molecule has 0 saturated heterocycles. The van der Waals surface area contributed by atoms with Crippen molar-refractivity contribution >= 4 is 11.6 Å². The minimum absolute atomic E-state index is 0.0294. The van der Waals surface area contributed by atoms with Crippen LogP contribution in [-0.4, -0.2) is 20.8 Å². The van der Waals surface area contributed by atoms with Gasteiger partial charge in [-0.25, -0.2) is 9.67 Å². The van der Waals surface area contributed by atoms with Gasteiger partial charge in [-0.15, -0.1) is 0 Å². The lowest BCUT2D eigenvalue weighted by molar-refractivity contribution is 0.414. The second-order valence-corrected chi connectivity index (χ2v) is 5.16. The van der Waals surface area contributed by atoms with Crippen molar-refractivity contribution in [3.8, 4) is 0 Å². The van der Waals surface area contributed by atoms with Gasteiger partial charge in [-0.1, -0.05) is 30.7 Å². The van der Waals surface area contributed by atoms with Crippen molar-refractivity contribution in [3.63, 3.8) is 0 Å². The number of hydrogen-bond donors (Lipinski definition) is 1. The maximum absolute atomic E-state index is 6.28. The van der Waals surface area contributed by atoms with Crippen LogP contribution in [0.1, 0.15) is 36.6 Å². The third-order valence-electron chi connectivity index (χ3n) is 3.24. The molecule has 0 amide bonds. The van der Waals surface area contributed by atoms with Crippen LogP contribution < -0.4 is 5.73 Å². The van der Waals surface area contributed by atoms with Crippen molar-refractivity contribution < 1.29 is 0 Å². The molecule has 2 atom stereocenters. The van der Waals surface area contributed by atoms with Gasteiger partial charge in [0.2, 0.25) is 0 Å². The fraction of sp³-hybridized carbons (Fsp3) is 0.429. The summed E-state index contributed by atoms with van der Waals surface area (Å²) >= 11 is 6.08. The number of halogens is 1. The van der Waals surface area contributed by atoms with E-state index in [2.05, 4.69) is 17.0 Å². The first-order chi connectivity index (χ1) is 9.02. The first-order valence-corrected chi connectivity index (χ1v) is 6.81. The van der Waals surface area contributed by atoms with Crippen LogP contribution in [0.25, 0.3) is 0 Å². The standard InChI is InChI=1S/C14H19ClN4/c1-4-13(16)14(11-6-5-7-12(15)8-11)19-10(3)17-9(2)18-19/h5-8,13-14H,4,16H2,1-3H3. The normalized spacial score (nSPS) is 14.4. The SMILES string of the molecule is CCC(N)C(c1cccc(Cl)c1)n1nc(C)nc1C. The Morgan fingerprint density at radius 2 is 2.11 bits per heavy atom. The lowest BCUT2D eigenvalue weighted by Crippen LogP contribution is -2.33. The fourth-order valence-electron chi connectivity index (χ4n) is 2.28. The zero-order valence-corrected chi connectivity index (χ0v) is 12.2. The van der Waals surface area contributed by atoms with E-state index < -0.39 is 0 Å². The highest BCUT2D eigenvalue weighted by atomic mass is 35.5. The predicted molar refractivity (Wildman–Crippen MR) is 77.4 cm³/mol. The molecule has 0 fully saturated rings. The number of benzene rings is 1. The van der Waals surface area contributed by atoms with Gasteiger partial charge in [0.25, 0.3) is 0 Å². The van der Waals surface area contributed by atoms with E-state index >= 15 is 0 Å². The molecule has 0 radical (unpaired) electrons. The third kappa shape index (κ3) is 2.96. The van der Waals surface area contributed by atoms with Gasteiger partial charge in [0.15, 0.2) is 0 Å². The summed E-state index contributed by atoms with van der Waals surface area (Å²) in [7, 11) is 0. The first-order valence-electron chi connectivity index (χ1n) is 6.43. The van der Waals surface area contributed by atoms with E-state index in [1.807, 2.05) is 42.8 Å². The Hall–Kier alpha value is -1.39.